The molecule has 0 atom stereocenters. The molecule has 0 aromatic carbocycles. The number of pyridine rings is 1. The van der Waals surface area contributed by atoms with Gasteiger partial charge in [-0.1, -0.05) is 13.8 Å². The molecule has 0 amide bonds. The number of Topliss-reactive ketones (excluding diaryl/α,β-unsaturated/α-hetero) is 1. The van der Waals surface area contributed by atoms with E-state index in [1.54, 1.807) is 13.0 Å². The van der Waals surface area contributed by atoms with Gasteiger partial charge in [-0.05, 0) is 19.1 Å². The molecule has 0 unspecified atom stereocenters. The van der Waals surface area contributed by atoms with Crippen molar-refractivity contribution in [3.8, 4) is 0 Å². The van der Waals surface area contributed by atoms with E-state index in [-0.39, 0.29) is 5.78 Å². The molecular formula is C11H13N3O. The van der Waals surface area contributed by atoms with Gasteiger partial charge in [0.15, 0.2) is 11.4 Å². The van der Waals surface area contributed by atoms with Gasteiger partial charge >= 0.3 is 0 Å². The van der Waals surface area contributed by atoms with Gasteiger partial charge in [-0.2, -0.15) is 0 Å². The van der Waals surface area contributed by atoms with E-state index < -0.39 is 0 Å². The minimum Gasteiger partial charge on any atom is -0.294 e. The Kier molecular flexibility index (Phi) is 2.26. The van der Waals surface area contributed by atoms with Crippen molar-refractivity contribution < 1.29 is 4.79 Å². The van der Waals surface area contributed by atoms with Crippen LogP contribution in [0.4, 0.5) is 0 Å². The molecule has 0 fully saturated rings. The Balaban J connectivity index is 2.74. The fourth-order valence-electron chi connectivity index (χ4n) is 1.60. The van der Waals surface area contributed by atoms with Crippen LogP contribution in [-0.4, -0.2) is 20.4 Å². The molecule has 0 spiro atoms. The number of aromatic nitrogens is 3. The Bertz CT molecular complexity index is 514. The summed E-state index contributed by atoms with van der Waals surface area (Å²) in [4.78, 5) is 11.4. The maximum atomic E-state index is 11.4. The third-order valence-electron chi connectivity index (χ3n) is 2.36. The molecule has 0 aliphatic carbocycles. The van der Waals surface area contributed by atoms with E-state index in [2.05, 4.69) is 24.0 Å². The van der Waals surface area contributed by atoms with Gasteiger partial charge in [-0.15, -0.1) is 10.2 Å². The molecule has 4 nitrogen and oxygen atoms in total. The third kappa shape index (κ3) is 1.52. The Morgan fingerprint density at radius 3 is 2.73 bits per heavy atom. The zero-order valence-corrected chi connectivity index (χ0v) is 9.06. The zero-order valence-electron chi connectivity index (χ0n) is 9.06. The van der Waals surface area contributed by atoms with Gasteiger partial charge in [-0.3, -0.25) is 9.20 Å². The molecule has 78 valence electrons. The van der Waals surface area contributed by atoms with Crippen molar-refractivity contribution in [3.63, 3.8) is 0 Å². The first-order chi connectivity index (χ1) is 7.11. The van der Waals surface area contributed by atoms with E-state index in [0.29, 0.717) is 17.1 Å². The lowest BCUT2D eigenvalue weighted by Gasteiger charge is -2.03. The molecule has 0 radical (unpaired) electrons. The SMILES string of the molecule is CC(=O)c1cccn2c(C(C)C)nnc12. The number of ketones is 1. The first-order valence-electron chi connectivity index (χ1n) is 4.96. The smallest absolute Gasteiger partial charge is 0.171 e. The molecule has 0 aliphatic heterocycles. The standard InChI is InChI=1S/C11H13N3O/c1-7(2)10-12-13-11-9(8(3)15)5-4-6-14(10)11/h4-7H,1-3H3. The topological polar surface area (TPSA) is 47.3 Å². The van der Waals surface area contributed by atoms with E-state index in [1.807, 2.05) is 16.7 Å². The highest BCUT2D eigenvalue weighted by Gasteiger charge is 2.13. The maximum Gasteiger partial charge on any atom is 0.171 e. The summed E-state index contributed by atoms with van der Waals surface area (Å²) in [5, 5.41) is 8.15. The number of hydrogen-bond acceptors (Lipinski definition) is 3. The Hall–Kier alpha value is -1.71. The van der Waals surface area contributed by atoms with Crippen molar-refractivity contribution in [1.82, 2.24) is 14.6 Å². The third-order valence-corrected chi connectivity index (χ3v) is 2.36. The van der Waals surface area contributed by atoms with E-state index in [4.69, 9.17) is 0 Å². The van der Waals surface area contributed by atoms with Crippen molar-refractivity contribution in [3.05, 3.63) is 29.7 Å². The van der Waals surface area contributed by atoms with Crippen LogP contribution in [0.25, 0.3) is 5.65 Å². The van der Waals surface area contributed by atoms with Gasteiger partial charge in [0, 0.05) is 12.1 Å². The lowest BCUT2D eigenvalue weighted by molar-refractivity contribution is 0.101. The number of hydrogen-bond donors (Lipinski definition) is 0. The first kappa shape index (κ1) is 9.83. The van der Waals surface area contributed by atoms with Crippen molar-refractivity contribution in [2.45, 2.75) is 26.7 Å². The van der Waals surface area contributed by atoms with Crippen molar-refractivity contribution >= 4 is 11.4 Å². The minimum absolute atomic E-state index is 0.0170. The summed E-state index contributed by atoms with van der Waals surface area (Å²) in [6.45, 7) is 5.65. The summed E-state index contributed by atoms with van der Waals surface area (Å²) >= 11 is 0. The summed E-state index contributed by atoms with van der Waals surface area (Å²) in [5.74, 6) is 1.19. The van der Waals surface area contributed by atoms with Crippen molar-refractivity contribution in [1.29, 1.82) is 0 Å². The van der Waals surface area contributed by atoms with Crippen LogP contribution in [0.1, 0.15) is 42.9 Å². The van der Waals surface area contributed by atoms with Crippen molar-refractivity contribution in [2.75, 3.05) is 0 Å². The van der Waals surface area contributed by atoms with Gasteiger partial charge in [0.25, 0.3) is 0 Å². The molecule has 4 heteroatoms. The second-order valence-electron chi connectivity index (χ2n) is 3.88. The van der Waals surface area contributed by atoms with Crippen LogP contribution >= 0.6 is 0 Å². The van der Waals surface area contributed by atoms with E-state index >= 15 is 0 Å². The normalized spacial score (nSPS) is 11.2. The molecule has 0 saturated heterocycles. The molecule has 0 bridgehead atoms. The number of fused-ring (bicyclic) bond motifs is 1. The Labute approximate surface area is 87.9 Å². The fraction of sp³-hybridized carbons (Fsp3) is 0.364. The zero-order chi connectivity index (χ0) is 11.0. The highest BCUT2D eigenvalue weighted by atomic mass is 16.1. The summed E-state index contributed by atoms with van der Waals surface area (Å²) < 4.78 is 1.88. The van der Waals surface area contributed by atoms with Crippen LogP contribution < -0.4 is 0 Å². The van der Waals surface area contributed by atoms with Gasteiger partial charge in [0.05, 0.1) is 5.56 Å². The number of nitrogens with zero attached hydrogens (tertiary/aromatic N) is 3. The summed E-state index contributed by atoms with van der Waals surface area (Å²) in [6.07, 6.45) is 1.89. The molecule has 2 aromatic rings. The van der Waals surface area contributed by atoms with Crippen LogP contribution in [0.3, 0.4) is 0 Å². The maximum absolute atomic E-state index is 11.4. The molecule has 15 heavy (non-hydrogen) atoms. The number of carbonyl (C=O) groups is 1. The molecule has 2 rings (SSSR count). The highest BCUT2D eigenvalue weighted by molar-refractivity contribution is 5.99. The molecule has 0 N–H and O–H groups in total. The van der Waals surface area contributed by atoms with Gasteiger partial charge in [-0.25, -0.2) is 0 Å². The minimum atomic E-state index is 0.0170. The van der Waals surface area contributed by atoms with Crippen LogP contribution in [0.5, 0.6) is 0 Å². The average Bonchev–Trinajstić information content (AvgIpc) is 2.59. The Morgan fingerprint density at radius 1 is 1.40 bits per heavy atom. The fourth-order valence-corrected chi connectivity index (χ4v) is 1.60. The lowest BCUT2D eigenvalue weighted by atomic mass is 10.2. The molecule has 2 aromatic heterocycles. The first-order valence-corrected chi connectivity index (χ1v) is 4.96. The second-order valence-corrected chi connectivity index (χ2v) is 3.88. The Morgan fingerprint density at radius 2 is 2.13 bits per heavy atom. The summed E-state index contributed by atoms with van der Waals surface area (Å²) in [5.41, 5.74) is 1.27. The van der Waals surface area contributed by atoms with Gasteiger partial charge < -0.3 is 0 Å². The predicted octanol–water partition coefficient (Wildman–Crippen LogP) is 2.06. The van der Waals surface area contributed by atoms with E-state index in [9.17, 15) is 4.79 Å². The second kappa shape index (κ2) is 3.46. The average molecular weight is 203 g/mol. The summed E-state index contributed by atoms with van der Waals surface area (Å²) in [7, 11) is 0. The van der Waals surface area contributed by atoms with Crippen molar-refractivity contribution in [2.24, 2.45) is 0 Å². The van der Waals surface area contributed by atoms with Crippen LogP contribution in [0, 0.1) is 0 Å². The van der Waals surface area contributed by atoms with E-state index in [1.165, 1.54) is 0 Å². The number of carbonyl (C=O) groups excluding carboxylic acids is 1. The van der Waals surface area contributed by atoms with Crippen LogP contribution in [-0.2, 0) is 0 Å². The number of rotatable bonds is 2. The highest BCUT2D eigenvalue weighted by Crippen LogP contribution is 2.16. The largest absolute Gasteiger partial charge is 0.294 e. The lowest BCUT2D eigenvalue weighted by Crippen LogP contribution is -2.00. The molecule has 0 saturated carbocycles. The monoisotopic (exact) mass is 203 g/mol. The quantitative estimate of drug-likeness (QED) is 0.702. The molecular weight excluding hydrogens is 190 g/mol. The molecule has 2 heterocycles. The van der Waals surface area contributed by atoms with Crippen LogP contribution in [0.2, 0.25) is 0 Å². The van der Waals surface area contributed by atoms with Crippen LogP contribution in [0.15, 0.2) is 18.3 Å². The van der Waals surface area contributed by atoms with E-state index in [0.717, 1.165) is 5.82 Å². The molecule has 0 aliphatic rings. The van der Waals surface area contributed by atoms with Gasteiger partial charge in [0.1, 0.15) is 5.82 Å². The predicted molar refractivity (Wildman–Crippen MR) is 57.1 cm³/mol. The van der Waals surface area contributed by atoms with Gasteiger partial charge in [0.2, 0.25) is 0 Å². The summed E-state index contributed by atoms with van der Waals surface area (Å²) in [6, 6.07) is 3.62.